The fourth-order valence-electron chi connectivity index (χ4n) is 1.77. The Labute approximate surface area is 137 Å². The molecule has 0 atom stereocenters. The summed E-state index contributed by atoms with van der Waals surface area (Å²) >= 11 is 7.38. The molecule has 0 aliphatic rings. The largest absolute Gasteiger partial charge is 0.450 e. The number of hydrogen-bond acceptors (Lipinski definition) is 5. The SMILES string of the molecule is CCOC(=O)Nc1ccc(NCc2ccc(Cl)s2)cc1C#N. The maximum absolute atomic E-state index is 11.4. The molecule has 5 nitrogen and oxygen atoms in total. The number of ether oxygens (including phenoxy) is 1. The summed E-state index contributed by atoms with van der Waals surface area (Å²) in [6.45, 7) is 2.61. The van der Waals surface area contributed by atoms with Gasteiger partial charge in [0, 0.05) is 17.1 Å². The van der Waals surface area contributed by atoms with E-state index in [9.17, 15) is 10.1 Å². The van der Waals surface area contributed by atoms with Crippen LogP contribution < -0.4 is 10.6 Å². The van der Waals surface area contributed by atoms with Gasteiger partial charge in [-0.1, -0.05) is 11.6 Å². The lowest BCUT2D eigenvalue weighted by Gasteiger charge is -2.10. The minimum Gasteiger partial charge on any atom is -0.450 e. The van der Waals surface area contributed by atoms with Crippen LogP contribution in [0.15, 0.2) is 30.3 Å². The van der Waals surface area contributed by atoms with Crippen LogP contribution >= 0.6 is 22.9 Å². The van der Waals surface area contributed by atoms with Crippen LogP contribution in [-0.2, 0) is 11.3 Å². The topological polar surface area (TPSA) is 74.2 Å². The number of nitrogens with one attached hydrogen (secondary N) is 2. The molecule has 2 N–H and O–H groups in total. The molecular weight excluding hydrogens is 322 g/mol. The molecule has 22 heavy (non-hydrogen) atoms. The first-order chi connectivity index (χ1) is 10.6. The Morgan fingerprint density at radius 1 is 1.41 bits per heavy atom. The first kappa shape index (κ1) is 16.1. The van der Waals surface area contributed by atoms with Crippen LogP contribution in [0.3, 0.4) is 0 Å². The summed E-state index contributed by atoms with van der Waals surface area (Å²) in [4.78, 5) is 12.5. The van der Waals surface area contributed by atoms with Gasteiger partial charge in [0.25, 0.3) is 0 Å². The van der Waals surface area contributed by atoms with Gasteiger partial charge in [-0.3, -0.25) is 5.32 Å². The van der Waals surface area contributed by atoms with Crippen molar-refractivity contribution in [2.45, 2.75) is 13.5 Å². The van der Waals surface area contributed by atoms with Crippen molar-refractivity contribution in [2.24, 2.45) is 0 Å². The van der Waals surface area contributed by atoms with E-state index in [4.69, 9.17) is 16.3 Å². The molecule has 1 aromatic carbocycles. The summed E-state index contributed by atoms with van der Waals surface area (Å²) in [5.74, 6) is 0. The number of amides is 1. The highest BCUT2D eigenvalue weighted by Crippen LogP contribution is 2.24. The maximum Gasteiger partial charge on any atom is 0.411 e. The van der Waals surface area contributed by atoms with Gasteiger partial charge in [-0.15, -0.1) is 11.3 Å². The lowest BCUT2D eigenvalue weighted by Crippen LogP contribution is -2.14. The quantitative estimate of drug-likeness (QED) is 0.846. The van der Waals surface area contributed by atoms with Crippen molar-refractivity contribution in [3.63, 3.8) is 0 Å². The van der Waals surface area contributed by atoms with Crippen molar-refractivity contribution in [1.82, 2.24) is 0 Å². The second kappa shape index (κ2) is 7.69. The van der Waals surface area contributed by atoms with E-state index in [0.717, 1.165) is 14.9 Å². The summed E-state index contributed by atoms with van der Waals surface area (Å²) in [7, 11) is 0. The zero-order valence-corrected chi connectivity index (χ0v) is 13.4. The highest BCUT2D eigenvalue weighted by Gasteiger charge is 2.08. The van der Waals surface area contributed by atoms with Crippen LogP contribution in [0.4, 0.5) is 16.2 Å². The molecule has 0 fully saturated rings. The first-order valence-corrected chi connectivity index (χ1v) is 7.78. The van der Waals surface area contributed by atoms with Gasteiger partial charge in [-0.2, -0.15) is 5.26 Å². The zero-order valence-electron chi connectivity index (χ0n) is 11.9. The maximum atomic E-state index is 11.4. The fourth-order valence-corrected chi connectivity index (χ4v) is 2.80. The van der Waals surface area contributed by atoms with Crippen molar-refractivity contribution in [3.8, 4) is 6.07 Å². The number of carbonyl (C=O) groups is 1. The number of halogens is 1. The van der Waals surface area contributed by atoms with E-state index in [1.54, 1.807) is 25.1 Å². The Kier molecular flexibility index (Phi) is 5.64. The monoisotopic (exact) mass is 335 g/mol. The predicted molar refractivity (Wildman–Crippen MR) is 88.5 cm³/mol. The molecule has 0 aliphatic carbocycles. The van der Waals surface area contributed by atoms with Crippen LogP contribution in [0.25, 0.3) is 0 Å². The van der Waals surface area contributed by atoms with Gasteiger partial charge in [-0.05, 0) is 37.3 Å². The van der Waals surface area contributed by atoms with Gasteiger partial charge < -0.3 is 10.1 Å². The van der Waals surface area contributed by atoms with Crippen LogP contribution in [0.1, 0.15) is 17.4 Å². The van der Waals surface area contributed by atoms with Crippen LogP contribution in [0, 0.1) is 11.3 Å². The molecule has 0 saturated heterocycles. The third-order valence-corrected chi connectivity index (χ3v) is 3.98. The number of nitriles is 1. The normalized spacial score (nSPS) is 9.86. The van der Waals surface area contributed by atoms with Gasteiger partial charge >= 0.3 is 6.09 Å². The Morgan fingerprint density at radius 2 is 2.23 bits per heavy atom. The van der Waals surface area contributed by atoms with Crippen molar-refractivity contribution in [2.75, 3.05) is 17.2 Å². The predicted octanol–water partition coefficient (Wildman–Crippen LogP) is 4.45. The third-order valence-electron chi connectivity index (χ3n) is 2.75. The van der Waals surface area contributed by atoms with E-state index in [0.29, 0.717) is 17.8 Å². The van der Waals surface area contributed by atoms with E-state index in [-0.39, 0.29) is 6.61 Å². The summed E-state index contributed by atoms with van der Waals surface area (Å²) in [5, 5.41) is 14.9. The van der Waals surface area contributed by atoms with E-state index >= 15 is 0 Å². The summed E-state index contributed by atoms with van der Waals surface area (Å²) < 4.78 is 5.54. The Bertz CT molecular complexity index is 709. The minimum atomic E-state index is -0.576. The van der Waals surface area contributed by atoms with Crippen molar-refractivity contribution < 1.29 is 9.53 Å². The molecule has 1 amide bonds. The highest BCUT2D eigenvalue weighted by molar-refractivity contribution is 7.16. The molecule has 1 heterocycles. The number of rotatable bonds is 5. The van der Waals surface area contributed by atoms with Crippen LogP contribution in [0.5, 0.6) is 0 Å². The second-order valence-electron chi connectivity index (χ2n) is 4.28. The summed E-state index contributed by atoms with van der Waals surface area (Å²) in [6, 6.07) is 11.0. The molecule has 0 unspecified atom stereocenters. The Morgan fingerprint density at radius 3 is 2.86 bits per heavy atom. The fraction of sp³-hybridized carbons (Fsp3) is 0.200. The van der Waals surface area contributed by atoms with Gasteiger partial charge in [0.15, 0.2) is 0 Å². The van der Waals surface area contributed by atoms with Crippen LogP contribution in [-0.4, -0.2) is 12.7 Å². The number of anilines is 2. The van der Waals surface area contributed by atoms with Crippen LogP contribution in [0.2, 0.25) is 4.34 Å². The van der Waals surface area contributed by atoms with E-state index < -0.39 is 6.09 Å². The zero-order chi connectivity index (χ0) is 15.9. The van der Waals surface area contributed by atoms with Crippen molar-refractivity contribution >= 4 is 40.4 Å². The number of hydrogen-bond donors (Lipinski definition) is 2. The van der Waals surface area contributed by atoms with Gasteiger partial charge in [0.05, 0.1) is 22.2 Å². The van der Waals surface area contributed by atoms with Gasteiger partial charge in [-0.25, -0.2) is 4.79 Å². The molecule has 0 spiro atoms. The molecular formula is C15H14ClN3O2S. The number of nitrogens with zero attached hydrogens (tertiary/aromatic N) is 1. The molecule has 114 valence electrons. The second-order valence-corrected chi connectivity index (χ2v) is 6.08. The van der Waals surface area contributed by atoms with Crippen molar-refractivity contribution in [3.05, 3.63) is 45.1 Å². The van der Waals surface area contributed by atoms with Gasteiger partial charge in [0.2, 0.25) is 0 Å². The minimum absolute atomic E-state index is 0.275. The lowest BCUT2D eigenvalue weighted by atomic mass is 10.1. The molecule has 2 rings (SSSR count). The third kappa shape index (κ3) is 4.38. The summed E-state index contributed by atoms with van der Waals surface area (Å²) in [5.41, 5.74) is 1.57. The number of carbonyl (C=O) groups excluding carboxylic acids is 1. The molecule has 0 aliphatic heterocycles. The lowest BCUT2D eigenvalue weighted by molar-refractivity contribution is 0.168. The average molecular weight is 336 g/mol. The van der Waals surface area contributed by atoms with Crippen molar-refractivity contribution in [1.29, 1.82) is 5.26 Å². The molecule has 2 aromatic rings. The standard InChI is InChI=1S/C15H14ClN3O2S/c1-2-21-15(20)19-13-5-3-11(7-10(13)8-17)18-9-12-4-6-14(16)22-12/h3-7,18H,2,9H2,1H3,(H,19,20). The van der Waals surface area contributed by atoms with Gasteiger partial charge in [0.1, 0.15) is 6.07 Å². The molecule has 0 bridgehead atoms. The molecule has 0 radical (unpaired) electrons. The summed E-state index contributed by atoms with van der Waals surface area (Å²) in [6.07, 6.45) is -0.576. The Hall–Kier alpha value is -2.23. The molecule has 1 aromatic heterocycles. The number of thiophene rings is 1. The first-order valence-electron chi connectivity index (χ1n) is 6.58. The van der Waals surface area contributed by atoms with E-state index in [1.807, 2.05) is 12.1 Å². The van der Waals surface area contributed by atoms with E-state index in [1.165, 1.54) is 11.3 Å². The molecule has 7 heteroatoms. The van der Waals surface area contributed by atoms with E-state index in [2.05, 4.69) is 16.7 Å². The Balaban J connectivity index is 2.05. The number of benzene rings is 1. The molecule has 0 saturated carbocycles. The highest BCUT2D eigenvalue weighted by atomic mass is 35.5. The average Bonchev–Trinajstić information content (AvgIpc) is 2.92. The smallest absolute Gasteiger partial charge is 0.411 e.